The Morgan fingerprint density at radius 2 is 2.06 bits per heavy atom. The first-order valence-corrected chi connectivity index (χ1v) is 5.78. The van der Waals surface area contributed by atoms with Crippen LogP contribution in [0.25, 0.3) is 5.52 Å². The van der Waals surface area contributed by atoms with Gasteiger partial charge in [0.2, 0.25) is 0 Å². The molecule has 1 amide bonds. The van der Waals surface area contributed by atoms with Crippen LogP contribution in [-0.4, -0.2) is 41.5 Å². The molecule has 1 aliphatic rings. The highest BCUT2D eigenvalue weighted by atomic mass is 16.5. The van der Waals surface area contributed by atoms with Gasteiger partial charge in [-0.25, -0.2) is 0 Å². The van der Waals surface area contributed by atoms with Crippen molar-refractivity contribution in [2.75, 3.05) is 26.3 Å². The van der Waals surface area contributed by atoms with Crippen LogP contribution in [0.15, 0.2) is 36.7 Å². The molecule has 4 nitrogen and oxygen atoms in total. The van der Waals surface area contributed by atoms with Crippen LogP contribution in [0.4, 0.5) is 0 Å². The summed E-state index contributed by atoms with van der Waals surface area (Å²) in [7, 11) is 0. The average molecular weight is 230 g/mol. The molecule has 2 aromatic heterocycles. The number of carbonyl (C=O) groups is 1. The fourth-order valence-electron chi connectivity index (χ4n) is 2.12. The van der Waals surface area contributed by atoms with Crippen molar-refractivity contribution in [1.29, 1.82) is 0 Å². The molecule has 1 fully saturated rings. The number of carbonyl (C=O) groups excluding carboxylic acids is 1. The van der Waals surface area contributed by atoms with E-state index in [9.17, 15) is 4.79 Å². The van der Waals surface area contributed by atoms with Crippen LogP contribution in [-0.2, 0) is 4.74 Å². The van der Waals surface area contributed by atoms with E-state index in [1.165, 1.54) is 0 Å². The lowest BCUT2D eigenvalue weighted by molar-refractivity contribution is 0.0303. The van der Waals surface area contributed by atoms with Crippen molar-refractivity contribution in [3.05, 3.63) is 42.2 Å². The average Bonchev–Trinajstić information content (AvgIpc) is 2.82. The third-order valence-corrected chi connectivity index (χ3v) is 3.05. The second-order valence-electron chi connectivity index (χ2n) is 4.17. The predicted molar refractivity (Wildman–Crippen MR) is 64.1 cm³/mol. The summed E-state index contributed by atoms with van der Waals surface area (Å²) in [6, 6.07) is 7.85. The number of rotatable bonds is 1. The maximum Gasteiger partial charge on any atom is 0.255 e. The van der Waals surface area contributed by atoms with Gasteiger partial charge in [-0.2, -0.15) is 0 Å². The zero-order valence-corrected chi connectivity index (χ0v) is 9.50. The van der Waals surface area contributed by atoms with Gasteiger partial charge in [0.25, 0.3) is 5.91 Å². The summed E-state index contributed by atoms with van der Waals surface area (Å²) in [6.45, 7) is 2.65. The number of hydrogen-bond acceptors (Lipinski definition) is 2. The lowest BCUT2D eigenvalue weighted by atomic mass is 10.2. The van der Waals surface area contributed by atoms with E-state index in [4.69, 9.17) is 4.74 Å². The minimum atomic E-state index is 0.0944. The Balaban J connectivity index is 1.89. The smallest absolute Gasteiger partial charge is 0.255 e. The largest absolute Gasteiger partial charge is 0.378 e. The lowest BCUT2D eigenvalue weighted by Gasteiger charge is -2.26. The zero-order valence-electron chi connectivity index (χ0n) is 9.50. The van der Waals surface area contributed by atoms with E-state index in [1.807, 2.05) is 46.0 Å². The van der Waals surface area contributed by atoms with E-state index in [1.54, 1.807) is 0 Å². The van der Waals surface area contributed by atoms with E-state index < -0.39 is 0 Å². The number of fused-ring (bicyclic) bond motifs is 1. The number of morpholine rings is 1. The Labute approximate surface area is 99.4 Å². The molecule has 4 heteroatoms. The van der Waals surface area contributed by atoms with Gasteiger partial charge in [-0.05, 0) is 18.2 Å². The van der Waals surface area contributed by atoms with Crippen LogP contribution in [0, 0.1) is 0 Å². The maximum absolute atomic E-state index is 12.2. The summed E-state index contributed by atoms with van der Waals surface area (Å²) in [5.41, 5.74) is 1.79. The standard InChI is InChI=1S/C13H14N2O2/c16-13(14-5-7-17-8-6-14)11-9-12-3-1-2-4-15(12)10-11/h1-4,9-10H,5-8H2. The number of aromatic nitrogens is 1. The Morgan fingerprint density at radius 1 is 1.24 bits per heavy atom. The normalized spacial score (nSPS) is 16.4. The van der Waals surface area contributed by atoms with Gasteiger partial charge >= 0.3 is 0 Å². The molecule has 2 aromatic rings. The molecule has 0 radical (unpaired) electrons. The molecule has 0 atom stereocenters. The number of nitrogens with zero attached hydrogens (tertiary/aromatic N) is 2. The van der Waals surface area contributed by atoms with E-state index in [0.29, 0.717) is 26.3 Å². The van der Waals surface area contributed by atoms with Crippen LogP contribution in [0.5, 0.6) is 0 Å². The molecule has 0 unspecified atom stereocenters. The number of pyridine rings is 1. The second-order valence-corrected chi connectivity index (χ2v) is 4.17. The van der Waals surface area contributed by atoms with Crippen molar-refractivity contribution in [3.63, 3.8) is 0 Å². The molecule has 0 N–H and O–H groups in total. The van der Waals surface area contributed by atoms with Crippen molar-refractivity contribution >= 4 is 11.4 Å². The van der Waals surface area contributed by atoms with Gasteiger partial charge < -0.3 is 14.0 Å². The van der Waals surface area contributed by atoms with Crippen molar-refractivity contribution in [2.24, 2.45) is 0 Å². The van der Waals surface area contributed by atoms with Gasteiger partial charge in [-0.1, -0.05) is 6.07 Å². The first kappa shape index (κ1) is 10.4. The van der Waals surface area contributed by atoms with Gasteiger partial charge in [0.05, 0.1) is 18.8 Å². The Kier molecular flexibility index (Phi) is 2.57. The molecule has 3 heterocycles. The third kappa shape index (κ3) is 1.91. The fraction of sp³-hybridized carbons (Fsp3) is 0.308. The van der Waals surface area contributed by atoms with E-state index in [-0.39, 0.29) is 5.91 Å². The van der Waals surface area contributed by atoms with Crippen LogP contribution >= 0.6 is 0 Å². The predicted octanol–water partition coefficient (Wildman–Crippen LogP) is 1.41. The summed E-state index contributed by atoms with van der Waals surface area (Å²) in [4.78, 5) is 14.1. The van der Waals surface area contributed by atoms with Crippen LogP contribution in [0.3, 0.4) is 0 Å². The van der Waals surface area contributed by atoms with Crippen LogP contribution in [0.1, 0.15) is 10.4 Å². The molecule has 3 rings (SSSR count). The molecule has 0 aliphatic carbocycles. The van der Waals surface area contributed by atoms with Crippen molar-refractivity contribution in [3.8, 4) is 0 Å². The van der Waals surface area contributed by atoms with Gasteiger partial charge in [0.1, 0.15) is 0 Å². The number of hydrogen-bond donors (Lipinski definition) is 0. The van der Waals surface area contributed by atoms with Gasteiger partial charge in [-0.3, -0.25) is 4.79 Å². The van der Waals surface area contributed by atoms with Crippen LogP contribution in [0.2, 0.25) is 0 Å². The van der Waals surface area contributed by atoms with Gasteiger partial charge in [0.15, 0.2) is 0 Å². The Morgan fingerprint density at radius 3 is 2.82 bits per heavy atom. The third-order valence-electron chi connectivity index (χ3n) is 3.05. The minimum absolute atomic E-state index is 0.0944. The minimum Gasteiger partial charge on any atom is -0.378 e. The van der Waals surface area contributed by atoms with Crippen molar-refractivity contribution < 1.29 is 9.53 Å². The number of ether oxygens (including phenoxy) is 1. The Bertz CT molecular complexity index is 508. The van der Waals surface area contributed by atoms with E-state index >= 15 is 0 Å². The molecule has 17 heavy (non-hydrogen) atoms. The maximum atomic E-state index is 12.2. The highest BCUT2D eigenvalue weighted by molar-refractivity contribution is 5.95. The molecule has 1 saturated heterocycles. The summed E-state index contributed by atoms with van der Waals surface area (Å²) in [5, 5.41) is 0. The molecule has 0 bridgehead atoms. The summed E-state index contributed by atoms with van der Waals surface area (Å²) < 4.78 is 7.21. The highest BCUT2D eigenvalue weighted by Crippen LogP contribution is 2.12. The van der Waals surface area contributed by atoms with E-state index in [2.05, 4.69) is 0 Å². The molecule has 0 spiro atoms. The second kappa shape index (κ2) is 4.22. The molecule has 88 valence electrons. The molecule has 0 aromatic carbocycles. The first-order chi connectivity index (χ1) is 8.34. The van der Waals surface area contributed by atoms with E-state index in [0.717, 1.165) is 11.1 Å². The topological polar surface area (TPSA) is 34.0 Å². The van der Waals surface area contributed by atoms with Gasteiger partial charge in [0, 0.05) is 31.0 Å². The number of amides is 1. The summed E-state index contributed by atoms with van der Waals surface area (Å²) in [5.74, 6) is 0.0944. The Hall–Kier alpha value is -1.81. The van der Waals surface area contributed by atoms with Gasteiger partial charge in [-0.15, -0.1) is 0 Å². The molecule has 1 aliphatic heterocycles. The first-order valence-electron chi connectivity index (χ1n) is 5.78. The van der Waals surface area contributed by atoms with Crippen LogP contribution < -0.4 is 0 Å². The fourth-order valence-corrected chi connectivity index (χ4v) is 2.12. The molecular formula is C13H14N2O2. The molecule has 0 saturated carbocycles. The quantitative estimate of drug-likeness (QED) is 0.742. The zero-order chi connectivity index (χ0) is 11.7. The highest BCUT2D eigenvalue weighted by Gasteiger charge is 2.19. The van der Waals surface area contributed by atoms with Crippen molar-refractivity contribution in [2.45, 2.75) is 0 Å². The van der Waals surface area contributed by atoms with Crippen molar-refractivity contribution in [1.82, 2.24) is 9.30 Å². The summed E-state index contributed by atoms with van der Waals surface area (Å²) in [6.07, 6.45) is 3.83. The monoisotopic (exact) mass is 230 g/mol. The lowest BCUT2D eigenvalue weighted by Crippen LogP contribution is -2.40. The molecular weight excluding hydrogens is 216 g/mol. The summed E-state index contributed by atoms with van der Waals surface area (Å²) >= 11 is 0. The SMILES string of the molecule is O=C(c1cc2ccccn2c1)N1CCOCC1.